The van der Waals surface area contributed by atoms with Crippen LogP contribution in [0, 0.1) is 0 Å². The van der Waals surface area contributed by atoms with Crippen LogP contribution in [0.1, 0.15) is 17.5 Å². The summed E-state index contributed by atoms with van der Waals surface area (Å²) in [7, 11) is -6.70. The number of aliphatic hydroxyl groups is 1. The van der Waals surface area contributed by atoms with Gasteiger partial charge in [0.15, 0.2) is 9.84 Å². The van der Waals surface area contributed by atoms with Crippen molar-refractivity contribution < 1.29 is 21.9 Å². The second-order valence-corrected chi connectivity index (χ2v) is 8.94. The van der Waals surface area contributed by atoms with Gasteiger partial charge in [-0.2, -0.15) is 0 Å². The average molecular weight is 319 g/mol. The highest BCUT2D eigenvalue weighted by molar-refractivity contribution is 7.92. The minimum atomic E-state index is -3.59. The lowest BCUT2D eigenvalue weighted by Crippen LogP contribution is -2.36. The first-order chi connectivity index (χ1) is 9.30. The van der Waals surface area contributed by atoms with E-state index in [2.05, 4.69) is 4.72 Å². The van der Waals surface area contributed by atoms with Crippen molar-refractivity contribution in [1.29, 1.82) is 0 Å². The molecule has 20 heavy (non-hydrogen) atoms. The second kappa shape index (κ2) is 5.80. The molecule has 1 unspecified atom stereocenters. The Balaban J connectivity index is 2.04. The van der Waals surface area contributed by atoms with Gasteiger partial charge in [0.05, 0.1) is 23.9 Å². The largest absolute Gasteiger partial charge is 0.392 e. The number of rotatable bonds is 5. The van der Waals surface area contributed by atoms with E-state index >= 15 is 0 Å². The number of hydrogen-bond acceptors (Lipinski definition) is 5. The average Bonchev–Trinajstić information content (AvgIpc) is 2.67. The van der Waals surface area contributed by atoms with Gasteiger partial charge in [0.1, 0.15) is 0 Å². The van der Waals surface area contributed by atoms with Crippen molar-refractivity contribution in [3.05, 3.63) is 35.4 Å². The van der Waals surface area contributed by atoms with Gasteiger partial charge in [-0.3, -0.25) is 0 Å². The summed E-state index contributed by atoms with van der Waals surface area (Å²) in [6.07, 6.45) is 0.318. The SMILES string of the molecule is O=S1(=O)CCC(NS(=O)(=O)Cc2cccc(CO)c2)C1. The molecule has 112 valence electrons. The molecule has 0 aromatic heterocycles. The van der Waals surface area contributed by atoms with Crippen molar-refractivity contribution in [1.82, 2.24) is 4.72 Å². The molecule has 0 bridgehead atoms. The standard InChI is InChI=1S/C12H17NO5S2/c14-7-10-2-1-3-11(6-10)8-20(17,18)13-12-4-5-19(15,16)9-12/h1-3,6,12-14H,4-5,7-9H2. The number of sulfonamides is 1. The van der Waals surface area contributed by atoms with Gasteiger partial charge in [-0.25, -0.2) is 21.6 Å². The van der Waals surface area contributed by atoms with Crippen molar-refractivity contribution >= 4 is 19.9 Å². The Morgan fingerprint density at radius 2 is 2.00 bits per heavy atom. The maximum Gasteiger partial charge on any atom is 0.216 e. The summed E-state index contributed by atoms with van der Waals surface area (Å²) in [6, 6.07) is 6.11. The molecular formula is C12H17NO5S2. The molecule has 1 aromatic carbocycles. The van der Waals surface area contributed by atoms with Crippen molar-refractivity contribution in [3.8, 4) is 0 Å². The van der Waals surface area contributed by atoms with Gasteiger partial charge >= 0.3 is 0 Å². The summed E-state index contributed by atoms with van der Waals surface area (Å²) >= 11 is 0. The predicted molar refractivity (Wildman–Crippen MR) is 75.2 cm³/mol. The van der Waals surface area contributed by atoms with Gasteiger partial charge in [0, 0.05) is 6.04 Å². The van der Waals surface area contributed by atoms with Gasteiger partial charge in [-0.05, 0) is 17.5 Å². The number of aliphatic hydroxyl groups excluding tert-OH is 1. The van der Waals surface area contributed by atoms with Gasteiger partial charge in [0.25, 0.3) is 0 Å². The van der Waals surface area contributed by atoms with Crippen LogP contribution in [-0.4, -0.2) is 39.5 Å². The fraction of sp³-hybridized carbons (Fsp3) is 0.500. The minimum Gasteiger partial charge on any atom is -0.392 e. The first-order valence-corrected chi connectivity index (χ1v) is 9.66. The highest BCUT2D eigenvalue weighted by Gasteiger charge is 2.30. The molecule has 1 atom stereocenters. The number of nitrogens with one attached hydrogen (secondary N) is 1. The highest BCUT2D eigenvalue weighted by atomic mass is 32.2. The summed E-state index contributed by atoms with van der Waals surface area (Å²) in [6.45, 7) is -0.151. The second-order valence-electron chi connectivity index (χ2n) is 4.95. The van der Waals surface area contributed by atoms with E-state index in [0.29, 0.717) is 17.5 Å². The van der Waals surface area contributed by atoms with Gasteiger partial charge < -0.3 is 5.11 Å². The van der Waals surface area contributed by atoms with Crippen molar-refractivity contribution in [2.45, 2.75) is 24.8 Å². The zero-order valence-corrected chi connectivity index (χ0v) is 12.5. The Bertz CT molecular complexity index is 682. The first kappa shape index (κ1) is 15.4. The summed E-state index contributed by atoms with van der Waals surface area (Å²) in [5.41, 5.74) is 1.20. The van der Waals surface area contributed by atoms with E-state index in [-0.39, 0.29) is 23.9 Å². The zero-order valence-electron chi connectivity index (χ0n) is 10.8. The Hall–Kier alpha value is -0.960. The molecular weight excluding hydrogens is 302 g/mol. The molecule has 1 fully saturated rings. The van der Waals surface area contributed by atoms with Gasteiger partial charge in [0.2, 0.25) is 10.0 Å². The number of sulfone groups is 1. The predicted octanol–water partition coefficient (Wildman–Crippen LogP) is -0.215. The van der Waals surface area contributed by atoms with Gasteiger partial charge in [-0.1, -0.05) is 24.3 Å². The third-order valence-electron chi connectivity index (χ3n) is 3.11. The molecule has 1 aliphatic rings. The summed E-state index contributed by atoms with van der Waals surface area (Å²) < 4.78 is 49.0. The van der Waals surface area contributed by atoms with E-state index in [9.17, 15) is 16.8 Å². The van der Waals surface area contributed by atoms with E-state index in [1.165, 1.54) is 0 Å². The lowest BCUT2D eigenvalue weighted by molar-refractivity contribution is 0.282. The molecule has 2 rings (SSSR count). The molecule has 2 N–H and O–H groups in total. The van der Waals surface area contributed by atoms with E-state index in [1.807, 2.05) is 0 Å². The highest BCUT2D eigenvalue weighted by Crippen LogP contribution is 2.14. The Morgan fingerprint density at radius 1 is 1.30 bits per heavy atom. The molecule has 0 amide bonds. The van der Waals surface area contributed by atoms with Crippen LogP contribution >= 0.6 is 0 Å². The molecule has 0 spiro atoms. The molecule has 1 heterocycles. The maximum absolute atomic E-state index is 12.0. The van der Waals surface area contributed by atoms with E-state index in [0.717, 1.165) is 0 Å². The molecule has 1 saturated heterocycles. The molecule has 0 aliphatic carbocycles. The topological polar surface area (TPSA) is 101 Å². The van der Waals surface area contributed by atoms with Crippen molar-refractivity contribution in [2.75, 3.05) is 11.5 Å². The quantitative estimate of drug-likeness (QED) is 0.782. The Morgan fingerprint density at radius 3 is 2.60 bits per heavy atom. The Labute approximate surface area is 118 Å². The van der Waals surface area contributed by atoms with Crippen LogP contribution < -0.4 is 4.72 Å². The number of hydrogen-bond donors (Lipinski definition) is 2. The van der Waals surface area contributed by atoms with Crippen LogP contribution in [0.5, 0.6) is 0 Å². The normalized spacial score (nSPS) is 21.9. The third kappa shape index (κ3) is 4.27. The zero-order chi connectivity index (χ0) is 14.8. The molecule has 8 heteroatoms. The van der Waals surface area contributed by atoms with E-state index in [1.54, 1.807) is 24.3 Å². The Kier molecular flexibility index (Phi) is 4.48. The molecule has 1 aliphatic heterocycles. The van der Waals surface area contributed by atoms with Gasteiger partial charge in [-0.15, -0.1) is 0 Å². The van der Waals surface area contributed by atoms with Crippen LogP contribution in [0.4, 0.5) is 0 Å². The lowest BCUT2D eigenvalue weighted by Gasteiger charge is -2.12. The molecule has 0 radical (unpaired) electrons. The minimum absolute atomic E-state index is 0.0280. The fourth-order valence-electron chi connectivity index (χ4n) is 2.22. The van der Waals surface area contributed by atoms with Crippen LogP contribution in [-0.2, 0) is 32.2 Å². The van der Waals surface area contributed by atoms with Crippen molar-refractivity contribution in [3.63, 3.8) is 0 Å². The summed E-state index contributed by atoms with van der Waals surface area (Å²) in [5, 5.41) is 9.02. The first-order valence-electron chi connectivity index (χ1n) is 6.19. The monoisotopic (exact) mass is 319 g/mol. The fourth-order valence-corrected chi connectivity index (χ4v) is 5.41. The third-order valence-corrected chi connectivity index (χ3v) is 6.28. The number of benzene rings is 1. The van der Waals surface area contributed by atoms with Crippen LogP contribution in [0.3, 0.4) is 0 Å². The summed E-state index contributed by atoms with van der Waals surface area (Å²) in [5.74, 6) is -0.333. The summed E-state index contributed by atoms with van der Waals surface area (Å²) in [4.78, 5) is 0. The van der Waals surface area contributed by atoms with E-state index < -0.39 is 25.9 Å². The lowest BCUT2D eigenvalue weighted by atomic mass is 10.1. The molecule has 0 saturated carbocycles. The van der Waals surface area contributed by atoms with Crippen LogP contribution in [0.15, 0.2) is 24.3 Å². The van der Waals surface area contributed by atoms with Crippen LogP contribution in [0.25, 0.3) is 0 Å². The molecule has 1 aromatic rings. The van der Waals surface area contributed by atoms with E-state index in [4.69, 9.17) is 5.11 Å². The van der Waals surface area contributed by atoms with Crippen LogP contribution in [0.2, 0.25) is 0 Å². The van der Waals surface area contributed by atoms with Crippen molar-refractivity contribution in [2.24, 2.45) is 0 Å². The maximum atomic E-state index is 12.0. The smallest absolute Gasteiger partial charge is 0.216 e. The molecule has 6 nitrogen and oxygen atoms in total.